The van der Waals surface area contributed by atoms with Crippen molar-refractivity contribution in [3.8, 4) is 11.8 Å². The molecule has 20 heavy (non-hydrogen) atoms. The van der Waals surface area contributed by atoms with Crippen molar-refractivity contribution in [1.82, 2.24) is 4.90 Å². The Labute approximate surface area is 121 Å². The van der Waals surface area contributed by atoms with Gasteiger partial charge in [0.05, 0.1) is 6.61 Å². The van der Waals surface area contributed by atoms with Gasteiger partial charge in [0.25, 0.3) is 0 Å². The summed E-state index contributed by atoms with van der Waals surface area (Å²) in [4.78, 5) is 2.41. The summed E-state index contributed by atoms with van der Waals surface area (Å²) in [5, 5.41) is 8.69. The molecule has 0 amide bonds. The highest BCUT2D eigenvalue weighted by molar-refractivity contribution is 5.36. The Morgan fingerprint density at radius 3 is 2.60 bits per heavy atom. The lowest BCUT2D eigenvalue weighted by Crippen LogP contribution is -2.36. The van der Waals surface area contributed by atoms with Crippen LogP contribution < -0.4 is 0 Å². The molecule has 0 spiro atoms. The Balaban J connectivity index is 1.88. The highest BCUT2D eigenvalue weighted by atomic mass is 16.5. The summed E-state index contributed by atoms with van der Waals surface area (Å²) in [6.45, 7) is 2.86. The van der Waals surface area contributed by atoms with Crippen molar-refractivity contribution >= 4 is 0 Å². The Bertz CT molecular complexity index is 452. The average molecular weight is 273 g/mol. The first-order valence-electron chi connectivity index (χ1n) is 7.26. The second-order valence-corrected chi connectivity index (χ2v) is 5.23. The molecule has 0 aromatic heterocycles. The molecule has 0 aliphatic carbocycles. The van der Waals surface area contributed by atoms with Gasteiger partial charge in [0.15, 0.2) is 0 Å². The molecule has 0 saturated carbocycles. The lowest BCUT2D eigenvalue weighted by atomic mass is 10.1. The van der Waals surface area contributed by atoms with Gasteiger partial charge in [-0.1, -0.05) is 24.0 Å². The molecular formula is C17H23NO2. The maximum absolute atomic E-state index is 8.69. The molecule has 3 nitrogen and oxygen atoms in total. The summed E-state index contributed by atoms with van der Waals surface area (Å²) in [6.07, 6.45) is 2.79. The first kappa shape index (κ1) is 15.1. The average Bonchev–Trinajstić information content (AvgIpc) is 2.50. The van der Waals surface area contributed by atoms with Gasteiger partial charge in [-0.3, -0.25) is 4.90 Å². The Kier molecular flexibility index (Phi) is 6.07. The van der Waals surface area contributed by atoms with Gasteiger partial charge in [-0.15, -0.1) is 0 Å². The van der Waals surface area contributed by atoms with Crippen LogP contribution >= 0.6 is 0 Å². The minimum atomic E-state index is 0.126. The van der Waals surface area contributed by atoms with Crippen LogP contribution in [-0.4, -0.2) is 42.9 Å². The van der Waals surface area contributed by atoms with Crippen LogP contribution in [0.25, 0.3) is 0 Å². The number of hydrogen-bond donors (Lipinski definition) is 1. The Hall–Kier alpha value is -1.34. The highest BCUT2D eigenvalue weighted by Gasteiger charge is 2.18. The molecule has 1 heterocycles. The summed E-state index contributed by atoms with van der Waals surface area (Å²) in [6, 6.07) is 9.01. The predicted octanol–water partition coefficient (Wildman–Crippen LogP) is 2.03. The lowest BCUT2D eigenvalue weighted by Gasteiger charge is -2.31. The van der Waals surface area contributed by atoms with Crippen molar-refractivity contribution in [3.63, 3.8) is 0 Å². The minimum absolute atomic E-state index is 0.126. The molecule has 1 saturated heterocycles. The molecule has 0 radical (unpaired) electrons. The fraction of sp³-hybridized carbons (Fsp3) is 0.529. The van der Waals surface area contributed by atoms with E-state index in [9.17, 15) is 0 Å². The fourth-order valence-corrected chi connectivity index (χ4v) is 2.46. The van der Waals surface area contributed by atoms with E-state index in [4.69, 9.17) is 9.84 Å². The van der Waals surface area contributed by atoms with E-state index >= 15 is 0 Å². The van der Waals surface area contributed by atoms with Crippen LogP contribution in [0.4, 0.5) is 0 Å². The second kappa shape index (κ2) is 8.06. The summed E-state index contributed by atoms with van der Waals surface area (Å²) < 4.78 is 5.40. The molecule has 3 heteroatoms. The molecule has 1 aliphatic heterocycles. The van der Waals surface area contributed by atoms with E-state index < -0.39 is 0 Å². The third-order valence-electron chi connectivity index (χ3n) is 3.67. The zero-order valence-corrected chi connectivity index (χ0v) is 12.1. The molecule has 0 atom stereocenters. The third kappa shape index (κ3) is 4.64. The van der Waals surface area contributed by atoms with Gasteiger partial charge in [0, 0.05) is 37.8 Å². The number of aliphatic hydroxyl groups excluding tert-OH is 1. The number of rotatable bonds is 4. The van der Waals surface area contributed by atoms with Gasteiger partial charge >= 0.3 is 0 Å². The Morgan fingerprint density at radius 2 is 1.95 bits per heavy atom. The molecule has 1 aromatic rings. The summed E-state index contributed by atoms with van der Waals surface area (Å²) in [5.74, 6) is 5.99. The number of ether oxygens (including phenoxy) is 1. The van der Waals surface area contributed by atoms with Gasteiger partial charge in [-0.2, -0.15) is 0 Å². The van der Waals surface area contributed by atoms with Crippen molar-refractivity contribution in [3.05, 3.63) is 35.4 Å². The van der Waals surface area contributed by atoms with Gasteiger partial charge in [0.1, 0.15) is 0 Å². The van der Waals surface area contributed by atoms with Crippen LogP contribution in [0.2, 0.25) is 0 Å². The zero-order valence-electron chi connectivity index (χ0n) is 12.1. The highest BCUT2D eigenvalue weighted by Crippen LogP contribution is 2.15. The SMILES string of the molecule is CN(Cc1ccc(C#CCCO)cc1)C1CCOCC1. The standard InChI is InChI=1S/C17H23NO2/c1-18(17-9-12-20-13-10-17)14-16-7-5-15(6-8-16)4-2-3-11-19/h5-8,17,19H,3,9-14H2,1H3. The maximum atomic E-state index is 8.69. The van der Waals surface area contributed by atoms with E-state index in [2.05, 4.69) is 48.1 Å². The minimum Gasteiger partial charge on any atom is -0.395 e. The molecule has 108 valence electrons. The van der Waals surface area contributed by atoms with E-state index in [1.165, 1.54) is 5.56 Å². The number of aliphatic hydroxyl groups is 1. The first-order chi connectivity index (χ1) is 9.79. The van der Waals surface area contributed by atoms with E-state index in [0.717, 1.165) is 38.2 Å². The van der Waals surface area contributed by atoms with Crippen molar-refractivity contribution in [1.29, 1.82) is 0 Å². The lowest BCUT2D eigenvalue weighted by molar-refractivity contribution is 0.0407. The molecule has 1 fully saturated rings. The molecule has 1 aliphatic rings. The van der Waals surface area contributed by atoms with E-state index in [-0.39, 0.29) is 6.61 Å². The van der Waals surface area contributed by atoms with Crippen LogP contribution in [0, 0.1) is 11.8 Å². The molecule has 0 bridgehead atoms. The number of nitrogens with zero attached hydrogens (tertiary/aromatic N) is 1. The van der Waals surface area contributed by atoms with Gasteiger partial charge < -0.3 is 9.84 Å². The van der Waals surface area contributed by atoms with Crippen molar-refractivity contribution in [2.45, 2.75) is 31.8 Å². The van der Waals surface area contributed by atoms with Crippen LogP contribution in [0.5, 0.6) is 0 Å². The Morgan fingerprint density at radius 1 is 1.25 bits per heavy atom. The first-order valence-corrected chi connectivity index (χ1v) is 7.26. The zero-order chi connectivity index (χ0) is 14.2. The topological polar surface area (TPSA) is 32.7 Å². The summed E-state index contributed by atoms with van der Waals surface area (Å²) >= 11 is 0. The van der Waals surface area contributed by atoms with Gasteiger partial charge in [-0.05, 0) is 37.6 Å². The summed E-state index contributed by atoms with van der Waals surface area (Å²) in [5.41, 5.74) is 2.32. The smallest absolute Gasteiger partial charge is 0.0540 e. The van der Waals surface area contributed by atoms with Gasteiger partial charge in [0.2, 0.25) is 0 Å². The molecule has 2 rings (SSSR count). The van der Waals surface area contributed by atoms with E-state index in [1.54, 1.807) is 0 Å². The third-order valence-corrected chi connectivity index (χ3v) is 3.67. The van der Waals surface area contributed by atoms with E-state index in [1.807, 2.05) is 0 Å². The summed E-state index contributed by atoms with van der Waals surface area (Å²) in [7, 11) is 2.19. The predicted molar refractivity (Wildman–Crippen MR) is 80.3 cm³/mol. The maximum Gasteiger partial charge on any atom is 0.0540 e. The van der Waals surface area contributed by atoms with Gasteiger partial charge in [-0.25, -0.2) is 0 Å². The number of benzene rings is 1. The molecular weight excluding hydrogens is 250 g/mol. The fourth-order valence-electron chi connectivity index (χ4n) is 2.46. The van der Waals surface area contributed by atoms with Crippen LogP contribution in [-0.2, 0) is 11.3 Å². The van der Waals surface area contributed by atoms with E-state index in [0.29, 0.717) is 12.5 Å². The van der Waals surface area contributed by atoms with Crippen molar-refractivity contribution < 1.29 is 9.84 Å². The monoisotopic (exact) mass is 273 g/mol. The second-order valence-electron chi connectivity index (χ2n) is 5.23. The quantitative estimate of drug-likeness (QED) is 0.852. The molecule has 1 aromatic carbocycles. The van der Waals surface area contributed by atoms with Crippen molar-refractivity contribution in [2.75, 3.05) is 26.9 Å². The molecule has 1 N–H and O–H groups in total. The van der Waals surface area contributed by atoms with Crippen molar-refractivity contribution in [2.24, 2.45) is 0 Å². The van der Waals surface area contributed by atoms with Crippen LogP contribution in [0.1, 0.15) is 30.4 Å². The number of hydrogen-bond acceptors (Lipinski definition) is 3. The normalized spacial score (nSPS) is 15.9. The van der Waals surface area contributed by atoms with Crippen LogP contribution in [0.15, 0.2) is 24.3 Å². The molecule has 0 unspecified atom stereocenters. The largest absolute Gasteiger partial charge is 0.395 e. The van der Waals surface area contributed by atoms with Crippen LogP contribution in [0.3, 0.4) is 0 Å².